The third-order valence-corrected chi connectivity index (χ3v) is 2.61. The fourth-order valence-electron chi connectivity index (χ4n) is 1.37. The number of likely N-dealkylation sites (N-methyl/N-ethyl adjacent to an activating group) is 1. The van der Waals surface area contributed by atoms with E-state index in [9.17, 15) is 18.4 Å². The molecule has 0 saturated heterocycles. The van der Waals surface area contributed by atoms with Crippen molar-refractivity contribution in [2.45, 2.75) is 53.1 Å². The Morgan fingerprint density at radius 2 is 1.76 bits per heavy atom. The Morgan fingerprint density at radius 1 is 1.24 bits per heavy atom. The SMILES string of the molecule is CCNC(=O)CN(CC(F)(F)C(C)C)C(=O)OC(C)(C)C. The van der Waals surface area contributed by atoms with Gasteiger partial charge in [-0.2, -0.15) is 0 Å². The highest BCUT2D eigenvalue weighted by molar-refractivity contribution is 5.82. The van der Waals surface area contributed by atoms with Crippen LogP contribution < -0.4 is 5.32 Å². The van der Waals surface area contributed by atoms with Gasteiger partial charge in [0, 0.05) is 12.5 Å². The largest absolute Gasteiger partial charge is 0.444 e. The van der Waals surface area contributed by atoms with Crippen molar-refractivity contribution in [1.29, 1.82) is 0 Å². The third kappa shape index (κ3) is 7.82. The zero-order chi connectivity index (χ0) is 16.8. The maximum atomic E-state index is 13.8. The Labute approximate surface area is 125 Å². The summed E-state index contributed by atoms with van der Waals surface area (Å²) in [6.07, 6.45) is -0.922. The highest BCUT2D eigenvalue weighted by Crippen LogP contribution is 2.25. The molecule has 0 aliphatic carbocycles. The fraction of sp³-hybridized carbons (Fsp3) is 0.857. The quantitative estimate of drug-likeness (QED) is 0.820. The second-order valence-electron chi connectivity index (χ2n) is 6.21. The maximum absolute atomic E-state index is 13.8. The molecule has 1 N–H and O–H groups in total. The molecule has 124 valence electrons. The monoisotopic (exact) mass is 308 g/mol. The number of hydrogen-bond donors (Lipinski definition) is 1. The average Bonchev–Trinajstić information content (AvgIpc) is 2.25. The maximum Gasteiger partial charge on any atom is 0.410 e. The van der Waals surface area contributed by atoms with Crippen molar-refractivity contribution in [2.75, 3.05) is 19.6 Å². The number of hydrogen-bond acceptors (Lipinski definition) is 3. The van der Waals surface area contributed by atoms with Gasteiger partial charge in [-0.15, -0.1) is 0 Å². The summed E-state index contributed by atoms with van der Waals surface area (Å²) in [5.41, 5.74) is -0.816. The molecule has 0 atom stereocenters. The molecule has 0 unspecified atom stereocenters. The van der Waals surface area contributed by atoms with E-state index in [2.05, 4.69) is 5.32 Å². The van der Waals surface area contributed by atoms with Gasteiger partial charge in [0.05, 0.1) is 6.54 Å². The first-order valence-electron chi connectivity index (χ1n) is 7.01. The topological polar surface area (TPSA) is 58.6 Å². The van der Waals surface area contributed by atoms with Crippen LogP contribution in [0.3, 0.4) is 0 Å². The molecule has 0 saturated carbocycles. The number of carbonyl (C=O) groups excluding carboxylic acids is 2. The van der Waals surface area contributed by atoms with Crippen molar-refractivity contribution in [3.8, 4) is 0 Å². The molecule has 21 heavy (non-hydrogen) atoms. The lowest BCUT2D eigenvalue weighted by Crippen LogP contribution is -2.49. The first-order valence-corrected chi connectivity index (χ1v) is 7.01. The molecule has 0 aromatic heterocycles. The molecule has 0 rings (SSSR count). The Morgan fingerprint density at radius 3 is 2.14 bits per heavy atom. The number of nitrogens with zero attached hydrogens (tertiary/aromatic N) is 1. The number of halogens is 2. The van der Waals surface area contributed by atoms with Crippen LogP contribution in [0.5, 0.6) is 0 Å². The van der Waals surface area contributed by atoms with E-state index in [1.165, 1.54) is 13.8 Å². The van der Waals surface area contributed by atoms with E-state index in [-0.39, 0.29) is 0 Å². The van der Waals surface area contributed by atoms with E-state index in [0.29, 0.717) is 6.54 Å². The van der Waals surface area contributed by atoms with Gasteiger partial charge in [0.25, 0.3) is 5.92 Å². The van der Waals surface area contributed by atoms with Gasteiger partial charge in [-0.3, -0.25) is 9.69 Å². The molecular formula is C14H26F2N2O3. The Hall–Kier alpha value is -1.40. The molecule has 0 fully saturated rings. The van der Waals surface area contributed by atoms with Crippen LogP contribution in [0.4, 0.5) is 13.6 Å². The van der Waals surface area contributed by atoms with Gasteiger partial charge in [0.2, 0.25) is 5.91 Å². The average molecular weight is 308 g/mol. The summed E-state index contributed by atoms with van der Waals surface area (Å²) < 4.78 is 32.8. The molecule has 5 nitrogen and oxygen atoms in total. The third-order valence-electron chi connectivity index (χ3n) is 2.61. The summed E-state index contributed by atoms with van der Waals surface area (Å²) >= 11 is 0. The van der Waals surface area contributed by atoms with Gasteiger partial charge in [0.15, 0.2) is 0 Å². The molecule has 0 aliphatic rings. The van der Waals surface area contributed by atoms with Gasteiger partial charge >= 0.3 is 6.09 Å². The minimum atomic E-state index is -3.09. The van der Waals surface area contributed by atoms with E-state index >= 15 is 0 Å². The van der Waals surface area contributed by atoms with Crippen LogP contribution >= 0.6 is 0 Å². The van der Waals surface area contributed by atoms with Crippen molar-refractivity contribution < 1.29 is 23.1 Å². The normalized spacial score (nSPS) is 12.2. The van der Waals surface area contributed by atoms with Gasteiger partial charge in [-0.05, 0) is 27.7 Å². The number of alkyl halides is 2. The summed E-state index contributed by atoms with van der Waals surface area (Å²) in [6.45, 7) is 8.39. The lowest BCUT2D eigenvalue weighted by Gasteiger charge is -2.31. The van der Waals surface area contributed by atoms with Crippen LogP contribution in [-0.2, 0) is 9.53 Å². The molecule has 7 heteroatoms. The number of carbonyl (C=O) groups is 2. The van der Waals surface area contributed by atoms with Gasteiger partial charge in [-0.25, -0.2) is 13.6 Å². The molecule has 0 spiro atoms. The van der Waals surface area contributed by atoms with Crippen LogP contribution in [-0.4, -0.2) is 48.1 Å². The van der Waals surface area contributed by atoms with E-state index in [4.69, 9.17) is 4.74 Å². The minimum absolute atomic E-state index is 0.363. The molecule has 2 amide bonds. The Bertz CT molecular complexity index is 366. The second-order valence-corrected chi connectivity index (χ2v) is 6.21. The standard InChI is InChI=1S/C14H26F2N2O3/c1-7-17-11(19)8-18(9-14(15,16)10(2)3)12(20)21-13(4,5)6/h10H,7-9H2,1-6H3,(H,17,19). The highest BCUT2D eigenvalue weighted by atomic mass is 19.3. The lowest BCUT2D eigenvalue weighted by molar-refractivity contribution is -0.124. The van der Waals surface area contributed by atoms with Crippen molar-refractivity contribution >= 4 is 12.0 Å². The molecule has 0 bridgehead atoms. The summed E-state index contributed by atoms with van der Waals surface area (Å²) in [5.74, 6) is -4.54. The predicted octanol–water partition coefficient (Wildman–Crippen LogP) is 2.65. The van der Waals surface area contributed by atoms with Crippen LogP contribution in [0, 0.1) is 5.92 Å². The zero-order valence-electron chi connectivity index (χ0n) is 13.6. The van der Waals surface area contributed by atoms with Gasteiger partial charge in [0.1, 0.15) is 12.1 Å². The van der Waals surface area contributed by atoms with Gasteiger partial charge < -0.3 is 10.1 Å². The van der Waals surface area contributed by atoms with Crippen LogP contribution in [0.15, 0.2) is 0 Å². The molecule has 0 aromatic carbocycles. The number of rotatable bonds is 6. The molecular weight excluding hydrogens is 282 g/mol. The Balaban J connectivity index is 5.01. The van der Waals surface area contributed by atoms with E-state index < -0.39 is 42.5 Å². The molecule has 0 aromatic rings. The summed E-state index contributed by atoms with van der Waals surface area (Å²) in [6, 6.07) is 0. The van der Waals surface area contributed by atoms with Crippen molar-refractivity contribution in [1.82, 2.24) is 10.2 Å². The number of ether oxygens (including phenoxy) is 1. The van der Waals surface area contributed by atoms with Gasteiger partial charge in [-0.1, -0.05) is 13.8 Å². The lowest BCUT2D eigenvalue weighted by atomic mass is 10.1. The van der Waals surface area contributed by atoms with E-state index in [1.54, 1.807) is 27.7 Å². The minimum Gasteiger partial charge on any atom is -0.444 e. The van der Waals surface area contributed by atoms with Crippen LogP contribution in [0.1, 0.15) is 41.5 Å². The molecule has 0 radical (unpaired) electrons. The summed E-state index contributed by atoms with van der Waals surface area (Å²) in [4.78, 5) is 24.3. The number of nitrogens with one attached hydrogen (secondary N) is 1. The predicted molar refractivity (Wildman–Crippen MR) is 76.3 cm³/mol. The van der Waals surface area contributed by atoms with Crippen LogP contribution in [0.2, 0.25) is 0 Å². The first-order chi connectivity index (χ1) is 9.39. The molecule has 0 heterocycles. The van der Waals surface area contributed by atoms with E-state index in [0.717, 1.165) is 4.90 Å². The van der Waals surface area contributed by atoms with Crippen molar-refractivity contribution in [3.05, 3.63) is 0 Å². The highest BCUT2D eigenvalue weighted by Gasteiger charge is 2.38. The van der Waals surface area contributed by atoms with E-state index in [1.807, 2.05) is 0 Å². The molecule has 0 aliphatic heterocycles. The first kappa shape index (κ1) is 19.6. The fourth-order valence-corrected chi connectivity index (χ4v) is 1.37. The zero-order valence-corrected chi connectivity index (χ0v) is 13.6. The summed E-state index contributed by atoms with van der Waals surface area (Å²) in [5, 5.41) is 2.48. The Kier molecular flexibility index (Phi) is 7.06. The van der Waals surface area contributed by atoms with Crippen molar-refractivity contribution in [2.24, 2.45) is 5.92 Å². The smallest absolute Gasteiger partial charge is 0.410 e. The summed E-state index contributed by atoms with van der Waals surface area (Å²) in [7, 11) is 0. The second kappa shape index (κ2) is 7.56. The van der Waals surface area contributed by atoms with Crippen LogP contribution in [0.25, 0.3) is 0 Å². The van der Waals surface area contributed by atoms with Crippen molar-refractivity contribution in [3.63, 3.8) is 0 Å². The number of amides is 2.